The van der Waals surface area contributed by atoms with Crippen LogP contribution in [0.5, 0.6) is 0 Å². The Morgan fingerprint density at radius 3 is 2.67 bits per heavy atom. The number of carbonyl (C=O) groups excluding carboxylic acids is 1. The molecular weight excluding hydrogens is 190 g/mol. The Morgan fingerprint density at radius 2 is 2.07 bits per heavy atom. The fraction of sp³-hybridized carbons (Fsp3) is 0.917. The molecule has 3 heteroatoms. The van der Waals surface area contributed by atoms with Crippen LogP contribution in [0, 0.1) is 0 Å². The quantitative estimate of drug-likeness (QED) is 0.710. The van der Waals surface area contributed by atoms with Gasteiger partial charge in [0.1, 0.15) is 5.78 Å². The fourth-order valence-corrected chi connectivity index (χ4v) is 2.52. The number of hydrogen-bond donors (Lipinski definition) is 0. The van der Waals surface area contributed by atoms with Gasteiger partial charge in [0.2, 0.25) is 0 Å². The largest absolute Gasteiger partial charge is 0.377 e. The topological polar surface area (TPSA) is 29.5 Å². The van der Waals surface area contributed by atoms with Crippen LogP contribution in [-0.4, -0.2) is 43.0 Å². The molecule has 1 aliphatic carbocycles. The van der Waals surface area contributed by atoms with E-state index in [1.807, 2.05) is 0 Å². The molecule has 2 aliphatic rings. The molecule has 3 nitrogen and oxygen atoms in total. The van der Waals surface area contributed by atoms with Gasteiger partial charge in [-0.05, 0) is 39.3 Å². The molecule has 2 fully saturated rings. The molecule has 0 aromatic heterocycles. The smallest absolute Gasteiger partial charge is 0.133 e. The highest BCUT2D eigenvalue weighted by molar-refractivity contribution is 5.79. The van der Waals surface area contributed by atoms with Gasteiger partial charge in [-0.25, -0.2) is 0 Å². The number of likely N-dealkylation sites (N-methyl/N-ethyl adjacent to an activating group) is 1. The third kappa shape index (κ3) is 3.02. The van der Waals surface area contributed by atoms with Gasteiger partial charge in [-0.15, -0.1) is 0 Å². The van der Waals surface area contributed by atoms with Crippen LogP contribution in [-0.2, 0) is 9.53 Å². The number of ether oxygens (including phenoxy) is 1. The zero-order chi connectivity index (χ0) is 10.7. The molecule has 0 aromatic rings. The second kappa shape index (κ2) is 5.08. The summed E-state index contributed by atoms with van der Waals surface area (Å²) in [4.78, 5) is 13.4. The monoisotopic (exact) mass is 211 g/mol. The number of nitrogens with zero attached hydrogens (tertiary/aromatic N) is 1. The van der Waals surface area contributed by atoms with Crippen LogP contribution >= 0.6 is 0 Å². The lowest BCUT2D eigenvalue weighted by Gasteiger charge is -2.25. The van der Waals surface area contributed by atoms with Crippen LogP contribution in [0.3, 0.4) is 0 Å². The molecule has 0 amide bonds. The molecule has 2 rings (SSSR count). The fourth-order valence-electron chi connectivity index (χ4n) is 2.52. The summed E-state index contributed by atoms with van der Waals surface area (Å²) in [5, 5.41) is 0. The molecule has 0 spiro atoms. The van der Waals surface area contributed by atoms with E-state index >= 15 is 0 Å². The van der Waals surface area contributed by atoms with Crippen molar-refractivity contribution in [2.45, 2.75) is 50.7 Å². The summed E-state index contributed by atoms with van der Waals surface area (Å²) in [6, 6.07) is 0.614. The van der Waals surface area contributed by atoms with E-state index in [0.29, 0.717) is 17.9 Å². The minimum atomic E-state index is 0.344. The molecule has 0 radical (unpaired) electrons. The van der Waals surface area contributed by atoms with E-state index in [1.54, 1.807) is 0 Å². The Labute approximate surface area is 91.8 Å². The molecule has 86 valence electrons. The average molecular weight is 211 g/mol. The number of Topliss-reactive ketones (excluding diaryl/α,β-unsaturated/α-hetero) is 1. The molecule has 1 aliphatic heterocycles. The van der Waals surface area contributed by atoms with Gasteiger partial charge in [0.15, 0.2) is 0 Å². The van der Waals surface area contributed by atoms with E-state index in [2.05, 4.69) is 11.9 Å². The second-order valence-corrected chi connectivity index (χ2v) is 4.85. The second-order valence-electron chi connectivity index (χ2n) is 4.85. The maximum absolute atomic E-state index is 11.1. The normalized spacial score (nSPS) is 29.9. The Bertz CT molecular complexity index is 220. The van der Waals surface area contributed by atoms with E-state index in [-0.39, 0.29) is 0 Å². The summed E-state index contributed by atoms with van der Waals surface area (Å²) in [6.07, 6.45) is 6.24. The van der Waals surface area contributed by atoms with Crippen molar-refractivity contribution in [1.29, 1.82) is 0 Å². The first-order chi connectivity index (χ1) is 7.25. The number of likely N-dealkylation sites (tertiary alicyclic amines) is 1. The molecule has 1 atom stereocenters. The first-order valence-corrected chi connectivity index (χ1v) is 6.09. The molecule has 0 bridgehead atoms. The van der Waals surface area contributed by atoms with Crippen LogP contribution in [0.25, 0.3) is 0 Å². The van der Waals surface area contributed by atoms with E-state index in [9.17, 15) is 4.79 Å². The van der Waals surface area contributed by atoms with Crippen molar-refractivity contribution in [1.82, 2.24) is 4.90 Å². The third-order valence-electron chi connectivity index (χ3n) is 3.69. The van der Waals surface area contributed by atoms with Crippen LogP contribution in [0.2, 0.25) is 0 Å². The molecule has 1 heterocycles. The molecular formula is C12H21NO2. The van der Waals surface area contributed by atoms with Gasteiger partial charge in [-0.3, -0.25) is 4.79 Å². The van der Waals surface area contributed by atoms with E-state index in [0.717, 1.165) is 32.3 Å². The predicted octanol–water partition coefficient (Wildman–Crippen LogP) is 1.61. The highest BCUT2D eigenvalue weighted by atomic mass is 16.5. The zero-order valence-corrected chi connectivity index (χ0v) is 9.58. The number of carbonyl (C=O) groups is 1. The first-order valence-electron chi connectivity index (χ1n) is 6.09. The zero-order valence-electron chi connectivity index (χ0n) is 9.58. The summed E-state index contributed by atoms with van der Waals surface area (Å²) in [6.45, 7) is 2.06. The molecule has 15 heavy (non-hydrogen) atoms. The van der Waals surface area contributed by atoms with Gasteiger partial charge >= 0.3 is 0 Å². The lowest BCUT2D eigenvalue weighted by Crippen LogP contribution is -2.32. The van der Waals surface area contributed by atoms with Crippen molar-refractivity contribution in [2.75, 3.05) is 20.2 Å². The van der Waals surface area contributed by atoms with E-state index < -0.39 is 0 Å². The average Bonchev–Trinajstić information content (AvgIpc) is 2.63. The Morgan fingerprint density at radius 1 is 1.33 bits per heavy atom. The molecule has 1 saturated heterocycles. The first kappa shape index (κ1) is 11.1. The van der Waals surface area contributed by atoms with E-state index in [1.165, 1.54) is 19.4 Å². The summed E-state index contributed by atoms with van der Waals surface area (Å²) in [7, 11) is 2.17. The SMILES string of the molecule is CN1CCCC1COC1CCC(=O)CC1. The molecule has 1 saturated carbocycles. The highest BCUT2D eigenvalue weighted by Crippen LogP contribution is 2.20. The van der Waals surface area contributed by atoms with Crippen LogP contribution < -0.4 is 0 Å². The van der Waals surface area contributed by atoms with Crippen LogP contribution in [0.15, 0.2) is 0 Å². The van der Waals surface area contributed by atoms with Gasteiger partial charge < -0.3 is 9.64 Å². The highest BCUT2D eigenvalue weighted by Gasteiger charge is 2.24. The lowest BCUT2D eigenvalue weighted by molar-refractivity contribution is -0.123. The van der Waals surface area contributed by atoms with Gasteiger partial charge in [-0.1, -0.05) is 0 Å². The minimum Gasteiger partial charge on any atom is -0.377 e. The van der Waals surface area contributed by atoms with Crippen LogP contribution in [0.1, 0.15) is 38.5 Å². The van der Waals surface area contributed by atoms with Crippen molar-refractivity contribution >= 4 is 5.78 Å². The summed E-state index contributed by atoms with van der Waals surface area (Å²) in [5.74, 6) is 0.410. The number of ketones is 1. The van der Waals surface area contributed by atoms with Crippen molar-refractivity contribution in [3.8, 4) is 0 Å². The Kier molecular flexibility index (Phi) is 3.76. The van der Waals surface area contributed by atoms with Gasteiger partial charge in [0.05, 0.1) is 12.7 Å². The Hall–Kier alpha value is -0.410. The summed E-state index contributed by atoms with van der Waals surface area (Å²) in [5.41, 5.74) is 0. The third-order valence-corrected chi connectivity index (χ3v) is 3.69. The summed E-state index contributed by atoms with van der Waals surface area (Å²) < 4.78 is 5.89. The molecule has 0 N–H and O–H groups in total. The van der Waals surface area contributed by atoms with E-state index in [4.69, 9.17) is 4.74 Å². The minimum absolute atomic E-state index is 0.344. The van der Waals surface area contributed by atoms with Crippen LogP contribution in [0.4, 0.5) is 0 Å². The maximum Gasteiger partial charge on any atom is 0.133 e. The standard InChI is InChI=1S/C12H21NO2/c1-13-8-2-3-10(13)9-15-12-6-4-11(14)5-7-12/h10,12H,2-9H2,1H3. The lowest BCUT2D eigenvalue weighted by atomic mass is 9.96. The van der Waals surface area contributed by atoms with Gasteiger partial charge in [0.25, 0.3) is 0 Å². The van der Waals surface area contributed by atoms with Crippen molar-refractivity contribution in [3.63, 3.8) is 0 Å². The number of rotatable bonds is 3. The molecule has 0 aromatic carbocycles. The van der Waals surface area contributed by atoms with Gasteiger partial charge in [-0.2, -0.15) is 0 Å². The van der Waals surface area contributed by atoms with Crippen molar-refractivity contribution in [3.05, 3.63) is 0 Å². The number of hydrogen-bond acceptors (Lipinski definition) is 3. The summed E-state index contributed by atoms with van der Waals surface area (Å²) >= 11 is 0. The van der Waals surface area contributed by atoms with Crippen molar-refractivity contribution in [2.24, 2.45) is 0 Å². The predicted molar refractivity (Wildman–Crippen MR) is 58.9 cm³/mol. The van der Waals surface area contributed by atoms with Gasteiger partial charge in [0, 0.05) is 18.9 Å². The molecule has 1 unspecified atom stereocenters. The van der Waals surface area contributed by atoms with Crippen molar-refractivity contribution < 1.29 is 9.53 Å². The Balaban J connectivity index is 1.67. The maximum atomic E-state index is 11.1.